The van der Waals surface area contributed by atoms with E-state index in [1.165, 1.54) is 12.1 Å². The summed E-state index contributed by atoms with van der Waals surface area (Å²) < 4.78 is 13.2. The topological polar surface area (TPSA) is 61.3 Å². The second kappa shape index (κ2) is 6.50. The Kier molecular flexibility index (Phi) is 4.65. The van der Waals surface area contributed by atoms with Crippen LogP contribution in [0.4, 0.5) is 10.2 Å². The van der Waals surface area contributed by atoms with Crippen molar-refractivity contribution < 1.29 is 9.50 Å². The summed E-state index contributed by atoms with van der Waals surface area (Å²) in [6.07, 6.45) is 2.02. The van der Waals surface area contributed by atoms with Crippen molar-refractivity contribution in [2.45, 2.75) is 57.7 Å². The zero-order valence-electron chi connectivity index (χ0n) is 16.0. The molecule has 2 heterocycles. The zero-order valence-corrected chi connectivity index (χ0v) is 16.0. The molecule has 5 nitrogen and oxygen atoms in total. The maximum Gasteiger partial charge on any atom is 0.151 e. The van der Waals surface area contributed by atoms with Crippen LogP contribution in [0.25, 0.3) is 11.3 Å². The Hall–Kier alpha value is -2.21. The van der Waals surface area contributed by atoms with Crippen molar-refractivity contribution in [3.63, 3.8) is 0 Å². The first-order valence-corrected chi connectivity index (χ1v) is 8.91. The van der Waals surface area contributed by atoms with Crippen molar-refractivity contribution in [3.8, 4) is 17.0 Å². The van der Waals surface area contributed by atoms with E-state index in [9.17, 15) is 9.50 Å². The van der Waals surface area contributed by atoms with Gasteiger partial charge in [-0.1, -0.05) is 0 Å². The van der Waals surface area contributed by atoms with E-state index in [0.29, 0.717) is 17.3 Å². The minimum absolute atomic E-state index is 0.0496. The molecule has 1 aromatic heterocycles. The maximum absolute atomic E-state index is 13.2. The monoisotopic (exact) mass is 358 g/mol. The second-order valence-corrected chi connectivity index (χ2v) is 8.50. The maximum atomic E-state index is 13.2. The molecule has 2 N–H and O–H groups in total. The number of nitrogens with zero attached hydrogens (tertiary/aromatic N) is 3. The quantitative estimate of drug-likeness (QED) is 0.875. The number of phenols is 1. The first-order chi connectivity index (χ1) is 12.1. The predicted octanol–water partition coefficient (Wildman–Crippen LogP) is 3.73. The molecule has 140 valence electrons. The first kappa shape index (κ1) is 18.6. The molecule has 0 amide bonds. The smallest absolute Gasteiger partial charge is 0.151 e. The molecule has 1 aromatic carbocycles. The number of phenolic OH excluding ortho intramolecular Hbond substituents is 1. The lowest BCUT2D eigenvalue weighted by molar-refractivity contribution is 0.160. The highest BCUT2D eigenvalue weighted by atomic mass is 19.1. The van der Waals surface area contributed by atoms with Crippen molar-refractivity contribution in [3.05, 3.63) is 36.1 Å². The van der Waals surface area contributed by atoms with Crippen LogP contribution in [0.15, 0.2) is 30.3 Å². The third-order valence-electron chi connectivity index (χ3n) is 4.96. The third kappa shape index (κ3) is 3.96. The normalized spacial score (nSPS) is 19.3. The summed E-state index contributed by atoms with van der Waals surface area (Å²) in [5.41, 5.74) is 1.09. The number of benzene rings is 1. The Morgan fingerprint density at radius 3 is 2.27 bits per heavy atom. The molecule has 1 fully saturated rings. The average molecular weight is 358 g/mol. The van der Waals surface area contributed by atoms with Gasteiger partial charge in [0.15, 0.2) is 5.82 Å². The van der Waals surface area contributed by atoms with E-state index in [1.54, 1.807) is 0 Å². The van der Waals surface area contributed by atoms with E-state index in [1.807, 2.05) is 19.2 Å². The number of hydrogen-bond acceptors (Lipinski definition) is 5. The average Bonchev–Trinajstić information content (AvgIpc) is 2.51. The van der Waals surface area contributed by atoms with Crippen LogP contribution in [0.2, 0.25) is 0 Å². The standard InChI is InChI=1S/C20H27FN4O/c1-19(2)11-14(12-20(3,4)24-19)25(5)18-9-8-16(22-23-18)15-7-6-13(21)10-17(15)26/h6-10,14,24,26H,11-12H2,1-5H3. The van der Waals surface area contributed by atoms with Crippen LogP contribution >= 0.6 is 0 Å². The van der Waals surface area contributed by atoms with Gasteiger partial charge in [0, 0.05) is 35.8 Å². The van der Waals surface area contributed by atoms with Crippen LogP contribution in [0, 0.1) is 5.82 Å². The molecule has 26 heavy (non-hydrogen) atoms. The van der Waals surface area contributed by atoms with Gasteiger partial charge in [-0.2, -0.15) is 0 Å². The van der Waals surface area contributed by atoms with Crippen molar-refractivity contribution in [1.29, 1.82) is 0 Å². The summed E-state index contributed by atoms with van der Waals surface area (Å²) in [5.74, 6) is 0.169. The molecule has 0 atom stereocenters. The molecule has 1 saturated heterocycles. The van der Waals surface area contributed by atoms with E-state index in [2.05, 4.69) is 48.1 Å². The van der Waals surface area contributed by atoms with Gasteiger partial charge in [-0.25, -0.2) is 4.39 Å². The van der Waals surface area contributed by atoms with Gasteiger partial charge in [-0.05, 0) is 64.8 Å². The predicted molar refractivity (Wildman–Crippen MR) is 102 cm³/mol. The lowest BCUT2D eigenvalue weighted by Crippen LogP contribution is -2.62. The number of rotatable bonds is 3. The molecule has 0 bridgehead atoms. The molecule has 1 aliphatic heterocycles. The highest BCUT2D eigenvalue weighted by Crippen LogP contribution is 2.33. The van der Waals surface area contributed by atoms with Crippen LogP contribution in [0.3, 0.4) is 0 Å². The zero-order chi connectivity index (χ0) is 19.1. The highest BCUT2D eigenvalue weighted by molar-refractivity contribution is 5.66. The molecule has 0 saturated carbocycles. The van der Waals surface area contributed by atoms with E-state index in [0.717, 1.165) is 24.7 Å². The Morgan fingerprint density at radius 2 is 1.73 bits per heavy atom. The molecule has 0 unspecified atom stereocenters. The molecule has 0 radical (unpaired) electrons. The van der Waals surface area contributed by atoms with E-state index >= 15 is 0 Å². The van der Waals surface area contributed by atoms with Crippen molar-refractivity contribution >= 4 is 5.82 Å². The molecule has 0 aliphatic carbocycles. The van der Waals surface area contributed by atoms with Gasteiger partial charge < -0.3 is 15.3 Å². The molecule has 0 spiro atoms. The lowest BCUT2D eigenvalue weighted by atomic mass is 9.79. The number of anilines is 1. The fourth-order valence-corrected chi connectivity index (χ4v) is 4.11. The largest absolute Gasteiger partial charge is 0.507 e. The van der Waals surface area contributed by atoms with Gasteiger partial charge in [-0.3, -0.25) is 0 Å². The summed E-state index contributed by atoms with van der Waals surface area (Å²) in [4.78, 5) is 2.17. The summed E-state index contributed by atoms with van der Waals surface area (Å²) in [6, 6.07) is 7.94. The fourth-order valence-electron chi connectivity index (χ4n) is 4.11. The van der Waals surface area contributed by atoms with E-state index < -0.39 is 5.82 Å². The Balaban J connectivity index is 1.82. The van der Waals surface area contributed by atoms with Gasteiger partial charge >= 0.3 is 0 Å². The van der Waals surface area contributed by atoms with Crippen LogP contribution in [0.5, 0.6) is 5.75 Å². The van der Waals surface area contributed by atoms with Crippen LogP contribution in [-0.2, 0) is 0 Å². The van der Waals surface area contributed by atoms with Crippen molar-refractivity contribution in [1.82, 2.24) is 15.5 Å². The summed E-state index contributed by atoms with van der Waals surface area (Å²) in [6.45, 7) is 8.89. The van der Waals surface area contributed by atoms with E-state index in [-0.39, 0.29) is 16.8 Å². The third-order valence-corrected chi connectivity index (χ3v) is 4.96. The van der Waals surface area contributed by atoms with Crippen LogP contribution < -0.4 is 10.2 Å². The summed E-state index contributed by atoms with van der Waals surface area (Å²) in [5, 5.41) is 22.2. The number of hydrogen-bond donors (Lipinski definition) is 2. The lowest BCUT2D eigenvalue weighted by Gasteiger charge is -2.49. The van der Waals surface area contributed by atoms with Gasteiger partial charge in [0.2, 0.25) is 0 Å². The Bertz CT molecular complexity index is 773. The number of halogens is 1. The Labute approximate surface area is 154 Å². The molecule has 6 heteroatoms. The molecule has 3 rings (SSSR count). The molecule has 2 aromatic rings. The number of aromatic hydroxyl groups is 1. The SMILES string of the molecule is CN(c1ccc(-c2ccc(F)cc2O)nn1)C1CC(C)(C)NC(C)(C)C1. The first-order valence-electron chi connectivity index (χ1n) is 8.91. The number of piperidine rings is 1. The van der Waals surface area contributed by atoms with Crippen LogP contribution in [0.1, 0.15) is 40.5 Å². The minimum atomic E-state index is -0.480. The van der Waals surface area contributed by atoms with Gasteiger partial charge in [0.1, 0.15) is 11.6 Å². The highest BCUT2D eigenvalue weighted by Gasteiger charge is 2.39. The minimum Gasteiger partial charge on any atom is -0.507 e. The number of nitrogens with one attached hydrogen (secondary N) is 1. The van der Waals surface area contributed by atoms with Gasteiger partial charge in [-0.15, -0.1) is 10.2 Å². The summed E-state index contributed by atoms with van der Waals surface area (Å²) in [7, 11) is 2.04. The summed E-state index contributed by atoms with van der Waals surface area (Å²) >= 11 is 0. The second-order valence-electron chi connectivity index (χ2n) is 8.50. The molecular formula is C20H27FN4O. The van der Waals surface area contributed by atoms with Gasteiger partial charge in [0.05, 0.1) is 5.69 Å². The number of aromatic nitrogens is 2. The van der Waals surface area contributed by atoms with Crippen molar-refractivity contribution in [2.75, 3.05) is 11.9 Å². The van der Waals surface area contributed by atoms with Crippen molar-refractivity contribution in [2.24, 2.45) is 0 Å². The Morgan fingerprint density at radius 1 is 1.08 bits per heavy atom. The van der Waals surface area contributed by atoms with E-state index in [4.69, 9.17) is 0 Å². The van der Waals surface area contributed by atoms with Gasteiger partial charge in [0.25, 0.3) is 0 Å². The molecular weight excluding hydrogens is 331 g/mol. The fraction of sp³-hybridized carbons (Fsp3) is 0.500. The molecule has 1 aliphatic rings. The van der Waals surface area contributed by atoms with Crippen LogP contribution in [-0.4, -0.2) is 39.5 Å².